The molecule has 1 aliphatic rings. The fourth-order valence-electron chi connectivity index (χ4n) is 2.21. The monoisotopic (exact) mass is 398 g/mol. The van der Waals surface area contributed by atoms with Crippen LogP contribution in [0.5, 0.6) is 0 Å². The Morgan fingerprint density at radius 2 is 2.04 bits per heavy atom. The fourth-order valence-corrected chi connectivity index (χ4v) is 3.98. The quantitative estimate of drug-likeness (QED) is 0.562. The van der Waals surface area contributed by atoms with Crippen molar-refractivity contribution in [2.24, 2.45) is 0 Å². The summed E-state index contributed by atoms with van der Waals surface area (Å²) in [5.74, 6) is -1.39. The molecule has 0 radical (unpaired) electrons. The summed E-state index contributed by atoms with van der Waals surface area (Å²) in [5, 5.41) is 2.82. The Kier molecular flexibility index (Phi) is 6.43. The molecular weight excluding hydrogens is 380 g/mol. The lowest BCUT2D eigenvalue weighted by molar-refractivity contribution is -0.137. The van der Waals surface area contributed by atoms with Crippen molar-refractivity contribution >= 4 is 45.1 Å². The minimum Gasteiger partial charge on any atom is -0.463 e. The number of para-hydroxylation sites is 1. The molecule has 140 valence electrons. The molecule has 2 rings (SSSR count). The highest BCUT2D eigenvalue weighted by Crippen LogP contribution is 2.29. The van der Waals surface area contributed by atoms with Crippen LogP contribution < -0.4 is 5.32 Å². The minimum absolute atomic E-state index is 0.0160. The molecule has 1 N–H and O–H groups in total. The standard InChI is InChI=1S/C16H18N2O6S2/c1-3-24-16(21)8-15-18(14(20)10-25-15)9-13(19)17-11-6-4-5-7-12(11)26(2,22)23/h4-8H,3,9-10H2,1-2H3,(H,17,19)/b15-8-. The van der Waals surface area contributed by atoms with Crippen LogP contribution in [-0.2, 0) is 29.0 Å². The number of amides is 2. The number of nitrogens with one attached hydrogen (secondary N) is 1. The van der Waals surface area contributed by atoms with Gasteiger partial charge in [-0.15, -0.1) is 0 Å². The summed E-state index contributed by atoms with van der Waals surface area (Å²) in [6, 6.07) is 5.98. The molecule has 1 aromatic rings. The van der Waals surface area contributed by atoms with Gasteiger partial charge in [0, 0.05) is 6.26 Å². The first-order valence-corrected chi connectivity index (χ1v) is 10.5. The lowest BCUT2D eigenvalue weighted by Crippen LogP contribution is -2.34. The van der Waals surface area contributed by atoms with Gasteiger partial charge in [0.2, 0.25) is 11.8 Å². The zero-order valence-corrected chi connectivity index (χ0v) is 15.9. The van der Waals surface area contributed by atoms with Crippen molar-refractivity contribution in [3.05, 3.63) is 35.4 Å². The van der Waals surface area contributed by atoms with E-state index in [2.05, 4.69) is 5.32 Å². The van der Waals surface area contributed by atoms with E-state index in [1.807, 2.05) is 0 Å². The van der Waals surface area contributed by atoms with Gasteiger partial charge in [-0.1, -0.05) is 23.9 Å². The van der Waals surface area contributed by atoms with Crippen molar-refractivity contribution in [3.8, 4) is 0 Å². The van der Waals surface area contributed by atoms with Gasteiger partial charge in [-0.2, -0.15) is 0 Å². The number of ether oxygens (including phenoxy) is 1. The lowest BCUT2D eigenvalue weighted by Gasteiger charge is -2.17. The molecule has 0 unspecified atom stereocenters. The highest BCUT2D eigenvalue weighted by molar-refractivity contribution is 8.04. The summed E-state index contributed by atoms with van der Waals surface area (Å²) in [6.07, 6.45) is 2.20. The molecular formula is C16H18N2O6S2. The Hall–Kier alpha value is -2.33. The lowest BCUT2D eigenvalue weighted by atomic mass is 10.3. The minimum atomic E-state index is -3.52. The molecule has 26 heavy (non-hydrogen) atoms. The van der Waals surface area contributed by atoms with Crippen LogP contribution in [0.2, 0.25) is 0 Å². The third-order valence-electron chi connectivity index (χ3n) is 3.30. The number of hydrogen-bond acceptors (Lipinski definition) is 7. The molecule has 1 fully saturated rings. The van der Waals surface area contributed by atoms with E-state index in [9.17, 15) is 22.8 Å². The van der Waals surface area contributed by atoms with Crippen LogP contribution in [0.4, 0.5) is 5.69 Å². The predicted octanol–water partition coefficient (Wildman–Crippen LogP) is 1.01. The normalized spacial score (nSPS) is 16.0. The predicted molar refractivity (Wildman–Crippen MR) is 97.1 cm³/mol. The van der Waals surface area contributed by atoms with Crippen LogP contribution in [0, 0.1) is 0 Å². The maximum absolute atomic E-state index is 12.3. The van der Waals surface area contributed by atoms with Crippen molar-refractivity contribution in [2.45, 2.75) is 11.8 Å². The first-order chi connectivity index (χ1) is 12.2. The highest BCUT2D eigenvalue weighted by atomic mass is 32.2. The molecule has 0 bridgehead atoms. The van der Waals surface area contributed by atoms with Gasteiger partial charge in [-0.3, -0.25) is 14.5 Å². The average Bonchev–Trinajstić information content (AvgIpc) is 2.87. The largest absolute Gasteiger partial charge is 0.463 e. The van der Waals surface area contributed by atoms with Crippen LogP contribution in [0.15, 0.2) is 40.3 Å². The van der Waals surface area contributed by atoms with Gasteiger partial charge in [0.15, 0.2) is 9.84 Å². The van der Waals surface area contributed by atoms with Gasteiger partial charge in [0.25, 0.3) is 0 Å². The van der Waals surface area contributed by atoms with E-state index in [0.29, 0.717) is 5.03 Å². The topological polar surface area (TPSA) is 110 Å². The van der Waals surface area contributed by atoms with E-state index in [1.54, 1.807) is 19.1 Å². The molecule has 1 saturated heterocycles. The number of anilines is 1. The van der Waals surface area contributed by atoms with Gasteiger partial charge >= 0.3 is 5.97 Å². The Labute approximate surface area is 155 Å². The number of thioether (sulfide) groups is 1. The van der Waals surface area contributed by atoms with E-state index >= 15 is 0 Å². The van der Waals surface area contributed by atoms with Gasteiger partial charge in [-0.25, -0.2) is 13.2 Å². The number of benzene rings is 1. The smallest absolute Gasteiger partial charge is 0.333 e. The summed E-state index contributed by atoms with van der Waals surface area (Å²) in [7, 11) is -3.52. The van der Waals surface area contributed by atoms with Gasteiger partial charge in [-0.05, 0) is 19.1 Å². The van der Waals surface area contributed by atoms with Crippen molar-refractivity contribution < 1.29 is 27.5 Å². The molecule has 0 saturated carbocycles. The second-order valence-corrected chi connectivity index (χ2v) is 8.30. The Bertz CT molecular complexity index is 863. The molecule has 2 amide bonds. The third kappa shape index (κ3) is 5.09. The second-order valence-electron chi connectivity index (χ2n) is 5.32. The van der Waals surface area contributed by atoms with Crippen LogP contribution >= 0.6 is 11.8 Å². The van der Waals surface area contributed by atoms with Gasteiger partial charge in [0.1, 0.15) is 6.54 Å². The first kappa shape index (κ1) is 20.0. The number of rotatable bonds is 6. The van der Waals surface area contributed by atoms with Crippen molar-refractivity contribution in [2.75, 3.05) is 30.5 Å². The number of carbonyl (C=O) groups is 3. The van der Waals surface area contributed by atoms with Crippen molar-refractivity contribution in [1.82, 2.24) is 4.90 Å². The van der Waals surface area contributed by atoms with E-state index in [4.69, 9.17) is 4.74 Å². The summed E-state index contributed by atoms with van der Waals surface area (Å²) < 4.78 is 28.4. The van der Waals surface area contributed by atoms with E-state index < -0.39 is 21.7 Å². The summed E-state index contributed by atoms with van der Waals surface area (Å²) in [6.45, 7) is 1.52. The third-order valence-corrected chi connectivity index (χ3v) is 5.48. The molecule has 1 aliphatic heterocycles. The number of sulfone groups is 1. The number of hydrogen-bond donors (Lipinski definition) is 1. The van der Waals surface area contributed by atoms with Crippen molar-refractivity contribution in [1.29, 1.82) is 0 Å². The van der Waals surface area contributed by atoms with E-state index in [-0.39, 0.29) is 35.4 Å². The number of esters is 1. The highest BCUT2D eigenvalue weighted by Gasteiger charge is 2.29. The van der Waals surface area contributed by atoms with Crippen LogP contribution in [0.1, 0.15) is 6.92 Å². The maximum atomic E-state index is 12.3. The summed E-state index contributed by atoms with van der Waals surface area (Å²) in [4.78, 5) is 37.0. The summed E-state index contributed by atoms with van der Waals surface area (Å²) >= 11 is 1.13. The Morgan fingerprint density at radius 1 is 1.35 bits per heavy atom. The molecule has 1 heterocycles. The van der Waals surface area contributed by atoms with Crippen LogP contribution in [0.3, 0.4) is 0 Å². The zero-order valence-electron chi connectivity index (χ0n) is 14.2. The van der Waals surface area contributed by atoms with Crippen LogP contribution in [-0.4, -0.2) is 56.3 Å². The van der Waals surface area contributed by atoms with Gasteiger partial charge in [0.05, 0.1) is 34.0 Å². The maximum Gasteiger partial charge on any atom is 0.333 e. The Morgan fingerprint density at radius 3 is 2.69 bits per heavy atom. The average molecular weight is 398 g/mol. The summed E-state index contributed by atoms with van der Waals surface area (Å²) in [5.41, 5.74) is 0.134. The molecule has 0 aromatic heterocycles. The van der Waals surface area contributed by atoms with E-state index in [0.717, 1.165) is 24.1 Å². The van der Waals surface area contributed by atoms with Gasteiger partial charge < -0.3 is 10.1 Å². The first-order valence-electron chi connectivity index (χ1n) is 7.63. The molecule has 1 aromatic carbocycles. The molecule has 8 nitrogen and oxygen atoms in total. The fraction of sp³-hybridized carbons (Fsp3) is 0.312. The van der Waals surface area contributed by atoms with E-state index in [1.165, 1.54) is 17.0 Å². The molecule has 0 aliphatic carbocycles. The van der Waals surface area contributed by atoms with Crippen molar-refractivity contribution in [3.63, 3.8) is 0 Å². The van der Waals surface area contributed by atoms with Crippen LogP contribution in [0.25, 0.3) is 0 Å². The molecule has 0 atom stereocenters. The second kappa shape index (κ2) is 8.37. The SMILES string of the molecule is CCOC(=O)/C=C1\SCC(=O)N1CC(=O)Nc1ccccc1S(C)(=O)=O. The zero-order chi connectivity index (χ0) is 19.3. The molecule has 0 spiro atoms. The number of nitrogens with zero attached hydrogens (tertiary/aromatic N) is 1. The number of carbonyl (C=O) groups excluding carboxylic acids is 3. The molecule has 10 heteroatoms. The Balaban J connectivity index is 2.14.